The van der Waals surface area contributed by atoms with Gasteiger partial charge >= 0.3 is 0 Å². The van der Waals surface area contributed by atoms with E-state index in [0.717, 1.165) is 149 Å². The minimum Gasteiger partial charge on any atom is -0.278 e. The second-order valence-corrected chi connectivity index (χ2v) is 36.8. The molecule has 0 amide bonds. The molecule has 29 aromatic rings. The zero-order valence-electron chi connectivity index (χ0n) is 78.4. The first-order chi connectivity index (χ1) is 71.9. The molecule has 0 saturated heterocycles. The molecule has 0 spiro atoms. The van der Waals surface area contributed by atoms with Crippen molar-refractivity contribution in [3.05, 3.63) is 510 Å². The van der Waals surface area contributed by atoms with E-state index in [-0.39, 0.29) is 0 Å². The molecule has 20 aromatic carbocycles. The third kappa shape index (κ3) is 15.4. The molecule has 0 aliphatic rings. The van der Waals surface area contributed by atoms with E-state index in [1.165, 1.54) is 104 Å². The maximum atomic E-state index is 5.39. The quantitative estimate of drug-likeness (QED) is 0.111. The fraction of sp³-hybridized carbons (Fsp3) is 0. The number of para-hydroxylation sites is 3. The Bertz CT molecular complexity index is 10100. The van der Waals surface area contributed by atoms with E-state index in [2.05, 4.69) is 465 Å². The second kappa shape index (κ2) is 35.9. The smallest absolute Gasteiger partial charge is 0.235 e. The number of hydrogen-bond acceptors (Lipinski definition) is 9. The Kier molecular flexibility index (Phi) is 21.0. The van der Waals surface area contributed by atoms with Crippen molar-refractivity contribution in [3.8, 4) is 130 Å². The van der Waals surface area contributed by atoms with Crippen molar-refractivity contribution in [2.75, 3.05) is 0 Å². The first-order valence-corrected chi connectivity index (χ1v) is 48.8. The van der Waals surface area contributed by atoms with Gasteiger partial charge in [-0.1, -0.05) is 370 Å². The van der Waals surface area contributed by atoms with Gasteiger partial charge in [-0.15, -0.1) is 0 Å². The molecular weight excluding hydrogens is 1770 g/mol. The average molecular weight is 1850 g/mol. The second-order valence-electron chi connectivity index (χ2n) is 36.8. The van der Waals surface area contributed by atoms with E-state index in [0.29, 0.717) is 17.8 Å². The molecule has 0 atom stereocenters. The van der Waals surface area contributed by atoms with E-state index in [1.54, 1.807) is 6.20 Å². The van der Waals surface area contributed by atoms with Crippen LogP contribution in [-0.2, 0) is 0 Å². The summed E-state index contributed by atoms with van der Waals surface area (Å²) in [7, 11) is 0. The lowest BCUT2D eigenvalue weighted by Crippen LogP contribution is -2.03. The lowest BCUT2D eigenvalue weighted by molar-refractivity contribution is 1.01. The van der Waals surface area contributed by atoms with Crippen molar-refractivity contribution in [3.63, 3.8) is 0 Å². The molecule has 0 fully saturated rings. The van der Waals surface area contributed by atoms with Crippen molar-refractivity contribution in [2.45, 2.75) is 0 Å². The van der Waals surface area contributed by atoms with Gasteiger partial charge in [-0.3, -0.25) is 28.7 Å². The third-order valence-electron chi connectivity index (χ3n) is 28.2. The maximum Gasteiger partial charge on any atom is 0.235 e. The molecule has 0 saturated carbocycles. The van der Waals surface area contributed by atoms with E-state index in [9.17, 15) is 0 Å². The van der Waals surface area contributed by atoms with Crippen LogP contribution in [-0.4, -0.2) is 58.6 Å². The van der Waals surface area contributed by atoms with Gasteiger partial charge in [0, 0.05) is 102 Å². The van der Waals surface area contributed by atoms with Gasteiger partial charge in [0.2, 0.25) is 17.8 Å². The standard InChI is InChI=1S/C47H30N4.C45H28N4.C41H26N4/c1-2-10-31(11-3-1)35-14-8-15-38(28-35)39-17-9-19-43-45(39)41-29-36-12-4-5-13-37(36)30-44(41)51(43)47-49-42-18-7-6-16-40(42)46(50-47)34-22-20-32(21-23-34)33-24-26-48-27-25-33;1-2-10-30(11-3-1)36-16-8-18-41-43(36)38-26-33-12-4-5-13-34(33)28-42(38)49(41)45-47-39-17-7-6-15-37(39)44(48-45)32-22-19-29(20-23-32)35-24-21-31-14-9-25-46-40(31)27-35;1-2-9-27(10-3-1)32-20-21-34-36-23-30-11-4-5-12-31(30)24-39(36)45(38(34)25-32)41-43-37-15-7-6-14-35(37)40(44-41)29-18-16-28(17-19-29)33-13-8-22-42-26-33/h1-30H;1-28H;1-26H. The Balaban J connectivity index is 0.000000108. The number of fused-ring (bicyclic) bond motifs is 16. The molecule has 9 heterocycles. The summed E-state index contributed by atoms with van der Waals surface area (Å²) < 4.78 is 6.74. The van der Waals surface area contributed by atoms with Crippen molar-refractivity contribution in [1.82, 2.24) is 58.6 Å². The van der Waals surface area contributed by atoms with Crippen LogP contribution in [0.5, 0.6) is 0 Å². The predicted octanol–water partition coefficient (Wildman–Crippen LogP) is 33.6. The van der Waals surface area contributed by atoms with Crippen molar-refractivity contribution in [1.29, 1.82) is 0 Å². The lowest BCUT2D eigenvalue weighted by atomic mass is 9.95. The van der Waals surface area contributed by atoms with Crippen molar-refractivity contribution >= 4 is 141 Å². The summed E-state index contributed by atoms with van der Waals surface area (Å²) in [4.78, 5) is 44.8. The number of nitrogens with zero attached hydrogens (tertiary/aromatic N) is 12. The normalized spacial score (nSPS) is 11.6. The summed E-state index contributed by atoms with van der Waals surface area (Å²) in [6, 6.07) is 169. The molecule has 0 bridgehead atoms. The molecule has 9 aromatic heterocycles. The molecular formula is C133H84N12. The van der Waals surface area contributed by atoms with Gasteiger partial charge in [0.1, 0.15) is 0 Å². The minimum absolute atomic E-state index is 0.646. The van der Waals surface area contributed by atoms with Crippen molar-refractivity contribution < 1.29 is 0 Å². The third-order valence-corrected chi connectivity index (χ3v) is 28.2. The van der Waals surface area contributed by atoms with Gasteiger partial charge in [-0.25, -0.2) is 29.9 Å². The zero-order chi connectivity index (χ0) is 95.8. The average Bonchev–Trinajstić information content (AvgIpc) is 1.57. The van der Waals surface area contributed by atoms with Crippen LogP contribution in [0.25, 0.3) is 271 Å². The summed E-state index contributed by atoms with van der Waals surface area (Å²) in [6.07, 6.45) is 9.19. The Labute approximate surface area is 833 Å². The molecule has 0 N–H and O–H groups in total. The summed E-state index contributed by atoms with van der Waals surface area (Å²) in [5.74, 6) is 1.95. The zero-order valence-corrected chi connectivity index (χ0v) is 78.4. The number of aromatic nitrogens is 12. The Morgan fingerprint density at radius 2 is 0.490 bits per heavy atom. The summed E-state index contributed by atoms with van der Waals surface area (Å²) >= 11 is 0. The Hall–Kier alpha value is -19.7. The fourth-order valence-electron chi connectivity index (χ4n) is 21.2. The van der Waals surface area contributed by atoms with Crippen LogP contribution in [0.1, 0.15) is 0 Å². The van der Waals surface area contributed by atoms with Crippen molar-refractivity contribution in [2.24, 2.45) is 0 Å². The highest BCUT2D eigenvalue weighted by Crippen LogP contribution is 2.47. The molecule has 12 heteroatoms. The first-order valence-electron chi connectivity index (χ1n) is 48.8. The number of rotatable bonds is 13. The SMILES string of the molecule is c1ccc(-c2ccc3c4cc5ccccc5cc4n(-c4nc(-c5ccc(-c6cccnc6)cc5)c5ccccc5n4)c3c2)cc1.c1ccc(-c2cccc(-c3cccc4c3c3cc5ccccc5cc3n4-c3nc(-c4ccc(-c5ccncc5)cc4)c4ccccc4n3)c2)cc1.c1ccc(-c2cccc3c2c2cc4ccccc4cc2n3-c2nc(-c3ccc(-c4ccc5cccnc5c4)cc3)c3ccccc3n2)cc1. The van der Waals surface area contributed by atoms with Crippen LogP contribution in [0, 0.1) is 0 Å². The lowest BCUT2D eigenvalue weighted by Gasteiger charge is -2.13. The first kappa shape index (κ1) is 84.6. The molecule has 12 nitrogen and oxygen atoms in total. The van der Waals surface area contributed by atoms with Crippen LogP contribution in [0.2, 0.25) is 0 Å². The molecule has 145 heavy (non-hydrogen) atoms. The highest BCUT2D eigenvalue weighted by Gasteiger charge is 2.26. The molecule has 0 aliphatic heterocycles. The van der Waals surface area contributed by atoms with E-state index >= 15 is 0 Å². The van der Waals surface area contributed by atoms with Gasteiger partial charge in [0.25, 0.3) is 0 Å². The molecule has 0 unspecified atom stereocenters. The molecule has 676 valence electrons. The van der Waals surface area contributed by atoms with E-state index in [1.807, 2.05) is 67.3 Å². The minimum atomic E-state index is 0.646. The summed E-state index contributed by atoms with van der Waals surface area (Å²) in [5, 5.41) is 18.4. The Morgan fingerprint density at radius 3 is 0.986 bits per heavy atom. The number of pyridine rings is 3. The topological polar surface area (TPSA) is 131 Å². The Morgan fingerprint density at radius 1 is 0.152 bits per heavy atom. The van der Waals surface area contributed by atoms with Crippen LogP contribution in [0.3, 0.4) is 0 Å². The van der Waals surface area contributed by atoms with Gasteiger partial charge in [-0.2, -0.15) is 0 Å². The largest absolute Gasteiger partial charge is 0.278 e. The molecule has 0 radical (unpaired) electrons. The van der Waals surface area contributed by atoms with Crippen LogP contribution >= 0.6 is 0 Å². The molecule has 0 aliphatic carbocycles. The fourth-order valence-corrected chi connectivity index (χ4v) is 21.2. The van der Waals surface area contributed by atoms with Crippen LogP contribution in [0.4, 0.5) is 0 Å². The van der Waals surface area contributed by atoms with Gasteiger partial charge in [-0.05, 0) is 219 Å². The maximum absolute atomic E-state index is 5.39. The van der Waals surface area contributed by atoms with Crippen LogP contribution in [0.15, 0.2) is 510 Å². The number of hydrogen-bond donors (Lipinski definition) is 0. The predicted molar refractivity (Wildman–Crippen MR) is 599 cm³/mol. The highest BCUT2D eigenvalue weighted by molar-refractivity contribution is 6.21. The number of benzene rings is 20. The van der Waals surface area contributed by atoms with E-state index in [4.69, 9.17) is 29.9 Å². The van der Waals surface area contributed by atoms with Crippen LogP contribution < -0.4 is 0 Å². The summed E-state index contributed by atoms with van der Waals surface area (Å²) in [6.45, 7) is 0. The highest BCUT2D eigenvalue weighted by atomic mass is 15.2. The van der Waals surface area contributed by atoms with Gasteiger partial charge in [0.15, 0.2) is 0 Å². The van der Waals surface area contributed by atoms with Gasteiger partial charge in [0.05, 0.1) is 72.2 Å². The molecule has 29 rings (SSSR count). The monoisotopic (exact) mass is 1850 g/mol. The van der Waals surface area contributed by atoms with Gasteiger partial charge < -0.3 is 0 Å². The van der Waals surface area contributed by atoms with E-state index < -0.39 is 0 Å². The summed E-state index contributed by atoms with van der Waals surface area (Å²) in [5.41, 5.74) is 32.2.